The highest BCUT2D eigenvalue weighted by Gasteiger charge is 2.38. The van der Waals surface area contributed by atoms with E-state index in [1.54, 1.807) is 31.3 Å². The monoisotopic (exact) mass is 468 g/mol. The second-order valence-electron chi connectivity index (χ2n) is 7.32. The third-order valence-electron chi connectivity index (χ3n) is 5.14. The average molecular weight is 469 g/mol. The molecule has 1 aliphatic heterocycles. The minimum Gasteiger partial charge on any atom is -0.466 e. The van der Waals surface area contributed by atoms with Crippen LogP contribution in [0.2, 0.25) is 0 Å². The maximum atomic E-state index is 13.1. The number of nitro groups is 1. The zero-order valence-corrected chi connectivity index (χ0v) is 19.3. The lowest BCUT2D eigenvalue weighted by atomic mass is 9.80. The van der Waals surface area contributed by atoms with Crippen molar-refractivity contribution in [1.29, 1.82) is 0 Å². The molecule has 1 aromatic heterocycles. The molecule has 0 fully saturated rings. The predicted octanol–water partition coefficient (Wildman–Crippen LogP) is 4.71. The topological polar surface area (TPSA) is 108 Å². The Hall–Kier alpha value is -3.72. The lowest BCUT2D eigenvalue weighted by Gasteiger charge is -2.30. The van der Waals surface area contributed by atoms with Crippen LogP contribution in [0.1, 0.15) is 36.6 Å². The molecule has 0 saturated carbocycles. The Kier molecular flexibility index (Phi) is 7.78. The molecule has 2 aromatic rings. The molecule has 33 heavy (non-hydrogen) atoms. The first-order valence-electron chi connectivity index (χ1n) is 10.2. The molecule has 0 aliphatic carbocycles. The summed E-state index contributed by atoms with van der Waals surface area (Å²) in [5.74, 6) is -2.10. The molecule has 0 saturated heterocycles. The Morgan fingerprint density at radius 2 is 1.88 bits per heavy atom. The van der Waals surface area contributed by atoms with E-state index in [0.717, 1.165) is 4.88 Å². The Labute approximate surface area is 195 Å². The summed E-state index contributed by atoms with van der Waals surface area (Å²) in [5, 5.41) is 16.3. The van der Waals surface area contributed by atoms with Crippen LogP contribution in [-0.4, -0.2) is 30.6 Å². The number of allylic oxidation sites excluding steroid dienone is 2. The predicted molar refractivity (Wildman–Crippen MR) is 125 cm³/mol. The molecule has 1 atom stereocenters. The molecule has 1 aliphatic rings. The number of nitro benzene ring substituents is 1. The number of benzene rings is 1. The fourth-order valence-electron chi connectivity index (χ4n) is 3.68. The first kappa shape index (κ1) is 23.9. The zero-order chi connectivity index (χ0) is 24.0. The SMILES string of the molecule is COC(=O)C1=C(C)NC(C)=C(C(=O)OCCC=Cc2cccs2)C1c1cccc([N+](=O)[O-])c1. The summed E-state index contributed by atoms with van der Waals surface area (Å²) in [4.78, 5) is 37.6. The molecule has 1 aromatic carbocycles. The maximum Gasteiger partial charge on any atom is 0.336 e. The smallest absolute Gasteiger partial charge is 0.336 e. The van der Waals surface area contributed by atoms with E-state index in [0.29, 0.717) is 23.4 Å². The number of hydrogen-bond donors (Lipinski definition) is 1. The molecular weight excluding hydrogens is 444 g/mol. The standard InChI is InChI=1S/C24H24N2O6S/c1-15-20(23(27)31-3)22(17-8-6-9-18(14-17)26(29)30)21(16(2)25-15)24(28)32-12-5-4-10-19-11-7-13-33-19/h4,6-11,13-14,22,25H,5,12H2,1-3H3. The van der Waals surface area contributed by atoms with Crippen molar-refractivity contribution in [3.05, 3.63) is 90.9 Å². The van der Waals surface area contributed by atoms with Gasteiger partial charge < -0.3 is 14.8 Å². The van der Waals surface area contributed by atoms with Crippen molar-refractivity contribution in [2.75, 3.05) is 13.7 Å². The van der Waals surface area contributed by atoms with E-state index in [1.807, 2.05) is 29.7 Å². The van der Waals surface area contributed by atoms with Gasteiger partial charge in [0.15, 0.2) is 0 Å². The van der Waals surface area contributed by atoms with Gasteiger partial charge in [0.2, 0.25) is 0 Å². The number of esters is 2. The van der Waals surface area contributed by atoms with Gasteiger partial charge in [-0.15, -0.1) is 11.3 Å². The summed E-state index contributed by atoms with van der Waals surface area (Å²) in [6, 6.07) is 9.82. The maximum absolute atomic E-state index is 13.1. The highest BCUT2D eigenvalue weighted by molar-refractivity contribution is 7.10. The zero-order valence-electron chi connectivity index (χ0n) is 18.5. The number of dihydropyridines is 1. The van der Waals surface area contributed by atoms with Gasteiger partial charge >= 0.3 is 11.9 Å². The fraction of sp³-hybridized carbons (Fsp3) is 0.250. The Morgan fingerprint density at radius 3 is 2.52 bits per heavy atom. The summed E-state index contributed by atoms with van der Waals surface area (Å²) in [7, 11) is 1.25. The molecule has 8 nitrogen and oxygen atoms in total. The van der Waals surface area contributed by atoms with Crippen LogP contribution in [-0.2, 0) is 19.1 Å². The van der Waals surface area contributed by atoms with E-state index in [1.165, 1.54) is 25.3 Å². The van der Waals surface area contributed by atoms with Gasteiger partial charge in [-0.25, -0.2) is 9.59 Å². The molecule has 0 spiro atoms. The van der Waals surface area contributed by atoms with Gasteiger partial charge in [-0.05, 0) is 43.4 Å². The third kappa shape index (κ3) is 5.56. The number of non-ortho nitro benzene ring substituents is 1. The molecule has 172 valence electrons. The van der Waals surface area contributed by atoms with Crippen LogP contribution in [0.3, 0.4) is 0 Å². The number of ether oxygens (including phenoxy) is 2. The van der Waals surface area contributed by atoms with Gasteiger partial charge in [0.1, 0.15) is 0 Å². The fourth-order valence-corrected chi connectivity index (χ4v) is 4.33. The van der Waals surface area contributed by atoms with Crippen LogP contribution >= 0.6 is 11.3 Å². The summed E-state index contributed by atoms with van der Waals surface area (Å²) in [5.41, 5.74) is 1.71. The Morgan fingerprint density at radius 1 is 1.15 bits per heavy atom. The van der Waals surface area contributed by atoms with Crippen molar-refractivity contribution >= 4 is 35.0 Å². The molecule has 3 rings (SSSR count). The van der Waals surface area contributed by atoms with E-state index >= 15 is 0 Å². The summed E-state index contributed by atoms with van der Waals surface area (Å²) in [6.07, 6.45) is 4.39. The Bertz CT molecular complexity index is 1150. The van der Waals surface area contributed by atoms with Crippen LogP contribution in [0.25, 0.3) is 6.08 Å². The molecule has 9 heteroatoms. The average Bonchev–Trinajstić information content (AvgIpc) is 3.31. The number of nitrogens with zero attached hydrogens (tertiary/aromatic N) is 1. The number of hydrogen-bond acceptors (Lipinski definition) is 8. The van der Waals surface area contributed by atoms with Gasteiger partial charge in [-0.1, -0.05) is 24.3 Å². The van der Waals surface area contributed by atoms with Crippen LogP contribution in [0.15, 0.2) is 70.4 Å². The third-order valence-corrected chi connectivity index (χ3v) is 5.98. The van der Waals surface area contributed by atoms with Crippen LogP contribution in [0.5, 0.6) is 0 Å². The van der Waals surface area contributed by atoms with Crippen molar-refractivity contribution in [3.63, 3.8) is 0 Å². The second kappa shape index (κ2) is 10.7. The number of nitrogens with one attached hydrogen (secondary N) is 1. The van der Waals surface area contributed by atoms with Crippen LogP contribution < -0.4 is 5.32 Å². The first-order valence-corrected chi connectivity index (χ1v) is 11.1. The Balaban J connectivity index is 1.89. The molecule has 0 bridgehead atoms. The molecule has 1 N–H and O–H groups in total. The van der Waals surface area contributed by atoms with Crippen LogP contribution in [0, 0.1) is 10.1 Å². The van der Waals surface area contributed by atoms with Crippen molar-refractivity contribution in [2.24, 2.45) is 0 Å². The number of thiophene rings is 1. The highest BCUT2D eigenvalue weighted by atomic mass is 32.1. The minimum absolute atomic E-state index is 0.142. The van der Waals surface area contributed by atoms with Crippen molar-refractivity contribution < 1.29 is 24.0 Å². The minimum atomic E-state index is -0.868. The first-order chi connectivity index (χ1) is 15.8. The van der Waals surface area contributed by atoms with Crippen molar-refractivity contribution in [1.82, 2.24) is 5.32 Å². The molecule has 0 amide bonds. The van der Waals surface area contributed by atoms with E-state index < -0.39 is 22.8 Å². The molecule has 1 unspecified atom stereocenters. The number of rotatable bonds is 8. The highest BCUT2D eigenvalue weighted by Crippen LogP contribution is 2.40. The lowest BCUT2D eigenvalue weighted by molar-refractivity contribution is -0.384. The van der Waals surface area contributed by atoms with E-state index in [9.17, 15) is 19.7 Å². The van der Waals surface area contributed by atoms with Crippen molar-refractivity contribution in [3.8, 4) is 0 Å². The van der Waals surface area contributed by atoms with E-state index in [4.69, 9.17) is 9.47 Å². The summed E-state index contributed by atoms with van der Waals surface area (Å²) >= 11 is 1.61. The number of carbonyl (C=O) groups is 2. The molecule has 0 radical (unpaired) electrons. The summed E-state index contributed by atoms with van der Waals surface area (Å²) < 4.78 is 10.5. The van der Waals surface area contributed by atoms with Crippen molar-refractivity contribution in [2.45, 2.75) is 26.2 Å². The van der Waals surface area contributed by atoms with E-state index in [2.05, 4.69) is 5.32 Å². The molecular formula is C24H24N2O6S. The lowest BCUT2D eigenvalue weighted by Crippen LogP contribution is -2.32. The molecule has 2 heterocycles. The number of methoxy groups -OCH3 is 1. The largest absolute Gasteiger partial charge is 0.466 e. The van der Waals surface area contributed by atoms with Gasteiger partial charge in [-0.3, -0.25) is 10.1 Å². The van der Waals surface area contributed by atoms with Gasteiger partial charge in [-0.2, -0.15) is 0 Å². The summed E-state index contributed by atoms with van der Waals surface area (Å²) in [6.45, 7) is 3.54. The second-order valence-corrected chi connectivity index (χ2v) is 8.30. The quantitative estimate of drug-likeness (QED) is 0.259. The van der Waals surface area contributed by atoms with Gasteiger partial charge in [0.25, 0.3) is 5.69 Å². The van der Waals surface area contributed by atoms with Crippen LogP contribution in [0.4, 0.5) is 5.69 Å². The van der Waals surface area contributed by atoms with Gasteiger partial charge in [0, 0.05) is 28.4 Å². The number of carbonyl (C=O) groups excluding carboxylic acids is 2. The van der Waals surface area contributed by atoms with Gasteiger partial charge in [0.05, 0.1) is 35.7 Å². The normalized spacial score (nSPS) is 16.0. The van der Waals surface area contributed by atoms with E-state index in [-0.39, 0.29) is 23.4 Å².